The third-order valence-electron chi connectivity index (χ3n) is 3.76. The molecule has 3 N–H and O–H groups in total. The van der Waals surface area contributed by atoms with Crippen LogP contribution in [0.5, 0.6) is 0 Å². The standard InChI is InChI=1S/C18H23N3S/c1-14-9-7-8-12-16(14)20-18(22)19-13-17(21(2)3)15-10-5-4-6-11-15/h4-12,17H,13H2,1-3H3,(H2,19,20,22)/p+1/t17-/m1/s1. The maximum Gasteiger partial charge on any atom is 0.171 e. The van der Waals surface area contributed by atoms with Crippen molar-refractivity contribution in [1.82, 2.24) is 5.32 Å². The second kappa shape index (κ2) is 7.92. The quantitative estimate of drug-likeness (QED) is 0.739. The molecule has 1 atom stereocenters. The third-order valence-corrected chi connectivity index (χ3v) is 4.01. The van der Waals surface area contributed by atoms with Gasteiger partial charge in [-0.2, -0.15) is 0 Å². The summed E-state index contributed by atoms with van der Waals surface area (Å²) in [4.78, 5) is 1.37. The monoisotopic (exact) mass is 314 g/mol. The zero-order valence-electron chi connectivity index (χ0n) is 13.4. The van der Waals surface area contributed by atoms with E-state index >= 15 is 0 Å². The zero-order valence-corrected chi connectivity index (χ0v) is 14.2. The van der Waals surface area contributed by atoms with Gasteiger partial charge in [-0.25, -0.2) is 0 Å². The average molecular weight is 314 g/mol. The smallest absolute Gasteiger partial charge is 0.171 e. The molecule has 0 radical (unpaired) electrons. The van der Waals surface area contributed by atoms with E-state index in [4.69, 9.17) is 12.2 Å². The molecule has 0 aromatic heterocycles. The number of hydrogen-bond acceptors (Lipinski definition) is 1. The van der Waals surface area contributed by atoms with Gasteiger partial charge in [-0.1, -0.05) is 48.5 Å². The molecule has 2 aromatic carbocycles. The van der Waals surface area contributed by atoms with Gasteiger partial charge < -0.3 is 15.5 Å². The molecule has 0 aliphatic carbocycles. The van der Waals surface area contributed by atoms with Crippen molar-refractivity contribution in [3.05, 3.63) is 65.7 Å². The predicted octanol–water partition coefficient (Wildman–Crippen LogP) is 2.17. The van der Waals surface area contributed by atoms with Crippen LogP contribution in [0.25, 0.3) is 0 Å². The van der Waals surface area contributed by atoms with E-state index in [1.165, 1.54) is 16.0 Å². The number of rotatable bonds is 5. The Labute approximate surface area is 138 Å². The molecule has 0 unspecified atom stereocenters. The van der Waals surface area contributed by atoms with Crippen LogP contribution in [0.1, 0.15) is 17.2 Å². The molecule has 0 bridgehead atoms. The van der Waals surface area contributed by atoms with Crippen LogP contribution in [0.15, 0.2) is 54.6 Å². The summed E-state index contributed by atoms with van der Waals surface area (Å²) < 4.78 is 0. The van der Waals surface area contributed by atoms with E-state index in [2.05, 4.69) is 62.0 Å². The van der Waals surface area contributed by atoms with E-state index in [-0.39, 0.29) is 0 Å². The van der Waals surface area contributed by atoms with Crippen molar-refractivity contribution in [1.29, 1.82) is 0 Å². The lowest BCUT2D eigenvalue weighted by atomic mass is 10.1. The highest BCUT2D eigenvalue weighted by Crippen LogP contribution is 2.13. The Morgan fingerprint density at radius 1 is 1.05 bits per heavy atom. The number of hydrogen-bond donors (Lipinski definition) is 3. The summed E-state index contributed by atoms with van der Waals surface area (Å²) >= 11 is 5.42. The molecular weight excluding hydrogens is 290 g/mol. The Balaban J connectivity index is 1.95. The lowest BCUT2D eigenvalue weighted by molar-refractivity contribution is -0.890. The fraction of sp³-hybridized carbons (Fsp3) is 0.278. The molecule has 0 fully saturated rings. The highest BCUT2D eigenvalue weighted by Gasteiger charge is 2.17. The number of thiocarbonyl (C=S) groups is 1. The highest BCUT2D eigenvalue weighted by molar-refractivity contribution is 7.80. The van der Waals surface area contributed by atoms with Crippen molar-refractivity contribution >= 4 is 23.0 Å². The summed E-state index contributed by atoms with van der Waals surface area (Å²) in [5.74, 6) is 0. The molecule has 0 aliphatic rings. The number of anilines is 1. The maximum atomic E-state index is 5.42. The fourth-order valence-corrected chi connectivity index (χ4v) is 2.61. The van der Waals surface area contributed by atoms with E-state index < -0.39 is 0 Å². The topological polar surface area (TPSA) is 28.5 Å². The van der Waals surface area contributed by atoms with Crippen LogP contribution in [-0.4, -0.2) is 25.8 Å². The summed E-state index contributed by atoms with van der Waals surface area (Å²) in [7, 11) is 4.33. The first-order valence-electron chi connectivity index (χ1n) is 7.53. The maximum absolute atomic E-state index is 5.42. The molecule has 0 aliphatic heterocycles. The SMILES string of the molecule is Cc1ccccc1NC(=S)NC[C@H](c1ccccc1)[NH+](C)C. The zero-order chi connectivity index (χ0) is 15.9. The summed E-state index contributed by atoms with van der Waals surface area (Å²) in [6.07, 6.45) is 0. The van der Waals surface area contributed by atoms with Crippen molar-refractivity contribution in [2.75, 3.05) is 26.0 Å². The van der Waals surface area contributed by atoms with Crippen molar-refractivity contribution in [2.45, 2.75) is 13.0 Å². The van der Waals surface area contributed by atoms with Crippen molar-refractivity contribution in [3.8, 4) is 0 Å². The molecule has 2 aromatic rings. The Bertz CT molecular complexity index is 611. The molecule has 0 amide bonds. The van der Waals surface area contributed by atoms with Crippen molar-refractivity contribution < 1.29 is 4.90 Å². The van der Waals surface area contributed by atoms with Crippen molar-refractivity contribution in [3.63, 3.8) is 0 Å². The molecule has 116 valence electrons. The number of nitrogens with one attached hydrogen (secondary N) is 3. The van der Waals surface area contributed by atoms with Crippen LogP contribution in [-0.2, 0) is 0 Å². The number of aryl methyl sites for hydroxylation is 1. The molecule has 22 heavy (non-hydrogen) atoms. The van der Waals surface area contributed by atoms with Gasteiger partial charge in [-0.05, 0) is 30.8 Å². The average Bonchev–Trinajstić information content (AvgIpc) is 2.50. The molecule has 2 rings (SSSR count). The van der Waals surface area contributed by atoms with Gasteiger partial charge in [-0.15, -0.1) is 0 Å². The first-order chi connectivity index (χ1) is 10.6. The molecule has 0 saturated heterocycles. The minimum atomic E-state index is 0.359. The molecule has 4 heteroatoms. The van der Waals surface area contributed by atoms with E-state index in [0.717, 1.165) is 12.2 Å². The van der Waals surface area contributed by atoms with Gasteiger partial charge in [0.05, 0.1) is 20.6 Å². The van der Waals surface area contributed by atoms with Crippen LogP contribution in [0.4, 0.5) is 5.69 Å². The minimum Gasteiger partial charge on any atom is -0.356 e. The molecule has 0 spiro atoms. The first-order valence-corrected chi connectivity index (χ1v) is 7.94. The Kier molecular flexibility index (Phi) is 5.92. The van der Waals surface area contributed by atoms with Gasteiger partial charge in [0.2, 0.25) is 0 Å². The number of likely N-dealkylation sites (N-methyl/N-ethyl adjacent to an activating group) is 1. The molecular formula is C18H24N3S+. The minimum absolute atomic E-state index is 0.359. The molecule has 0 saturated carbocycles. The van der Waals surface area contributed by atoms with E-state index in [1.54, 1.807) is 0 Å². The van der Waals surface area contributed by atoms with Crippen LogP contribution in [0.2, 0.25) is 0 Å². The first kappa shape index (κ1) is 16.5. The fourth-order valence-electron chi connectivity index (χ4n) is 2.42. The largest absolute Gasteiger partial charge is 0.356 e. The van der Waals surface area contributed by atoms with Crippen LogP contribution < -0.4 is 15.5 Å². The normalized spacial score (nSPS) is 12.0. The number of quaternary nitrogens is 1. The van der Waals surface area contributed by atoms with Gasteiger partial charge in [0.1, 0.15) is 6.04 Å². The van der Waals surface area contributed by atoms with Gasteiger partial charge in [-0.3, -0.25) is 0 Å². The third kappa shape index (κ3) is 4.55. The van der Waals surface area contributed by atoms with Gasteiger partial charge in [0.25, 0.3) is 0 Å². The highest BCUT2D eigenvalue weighted by atomic mass is 32.1. The summed E-state index contributed by atoms with van der Waals surface area (Å²) in [5.41, 5.74) is 3.55. The van der Waals surface area contributed by atoms with Gasteiger partial charge >= 0.3 is 0 Å². The summed E-state index contributed by atoms with van der Waals surface area (Å²) in [5, 5.41) is 7.27. The Morgan fingerprint density at radius 2 is 1.68 bits per heavy atom. The lowest BCUT2D eigenvalue weighted by Crippen LogP contribution is -3.07. The van der Waals surface area contributed by atoms with Crippen molar-refractivity contribution in [2.24, 2.45) is 0 Å². The second-order valence-electron chi connectivity index (χ2n) is 5.69. The van der Waals surface area contributed by atoms with Gasteiger partial charge in [0, 0.05) is 11.3 Å². The second-order valence-corrected chi connectivity index (χ2v) is 6.10. The predicted molar refractivity (Wildman–Crippen MR) is 97.4 cm³/mol. The Hall–Kier alpha value is -1.91. The number of para-hydroxylation sites is 1. The van der Waals surface area contributed by atoms with Gasteiger partial charge in [0.15, 0.2) is 5.11 Å². The lowest BCUT2D eigenvalue weighted by Gasteiger charge is -2.23. The van der Waals surface area contributed by atoms with Crippen LogP contribution >= 0.6 is 12.2 Å². The number of benzene rings is 2. The van der Waals surface area contributed by atoms with Crippen LogP contribution in [0, 0.1) is 6.92 Å². The van der Waals surface area contributed by atoms with E-state index in [9.17, 15) is 0 Å². The summed E-state index contributed by atoms with van der Waals surface area (Å²) in [6.45, 7) is 2.87. The molecule has 3 nitrogen and oxygen atoms in total. The Morgan fingerprint density at radius 3 is 2.32 bits per heavy atom. The summed E-state index contributed by atoms with van der Waals surface area (Å²) in [6, 6.07) is 19.0. The van der Waals surface area contributed by atoms with E-state index in [0.29, 0.717) is 11.2 Å². The van der Waals surface area contributed by atoms with E-state index in [1.807, 2.05) is 24.3 Å². The van der Waals surface area contributed by atoms with Crippen LogP contribution in [0.3, 0.4) is 0 Å². The molecule has 0 heterocycles.